The Morgan fingerprint density at radius 3 is 2.32 bits per heavy atom. The number of halogens is 3. The molecule has 6 rings (SSSR count). The van der Waals surface area contributed by atoms with Crippen LogP contribution < -0.4 is 9.62 Å². The van der Waals surface area contributed by atoms with E-state index in [0.717, 1.165) is 12.8 Å². The highest BCUT2D eigenvalue weighted by Crippen LogP contribution is 2.39. The van der Waals surface area contributed by atoms with Gasteiger partial charge in [-0.25, -0.2) is 18.3 Å². The summed E-state index contributed by atoms with van der Waals surface area (Å²) in [5, 5.41) is 4.77. The number of aromatic nitrogens is 3. The Balaban J connectivity index is 1.33. The lowest BCUT2D eigenvalue weighted by atomic mass is 9.98. The van der Waals surface area contributed by atoms with Gasteiger partial charge >= 0.3 is 16.3 Å². The standard InChI is InChI=1S/C35H40ClF2N7O4S/c1-34(2,3)49-33(46)44-17-16-42(22-35(44,4)5)25-8-9-30(28(37)20-25)45-21-27(32(40-45)23-10-12-39-13-11-23)26-18-24(36)19-29(31(26)38)41-50(47,48)43-14-6-7-15-43/h8-13,18-21,41H,6-7,14-17,22H2,1-5H3. The van der Waals surface area contributed by atoms with Gasteiger partial charge in [-0.1, -0.05) is 11.6 Å². The topological polar surface area (TPSA) is 113 Å². The molecule has 4 heterocycles. The molecule has 0 atom stereocenters. The predicted molar refractivity (Wildman–Crippen MR) is 190 cm³/mol. The van der Waals surface area contributed by atoms with E-state index in [1.807, 2.05) is 39.5 Å². The van der Waals surface area contributed by atoms with Crippen molar-refractivity contribution in [3.63, 3.8) is 0 Å². The van der Waals surface area contributed by atoms with Crippen LogP contribution in [0.1, 0.15) is 47.5 Å². The molecule has 2 fully saturated rings. The molecule has 1 N–H and O–H groups in total. The summed E-state index contributed by atoms with van der Waals surface area (Å²) < 4.78 is 68.8. The Hall–Kier alpha value is -4.27. The first-order valence-electron chi connectivity index (χ1n) is 16.4. The molecule has 2 aliphatic rings. The van der Waals surface area contributed by atoms with Crippen molar-refractivity contribution in [3.8, 4) is 28.1 Å². The molecule has 2 aliphatic heterocycles. The van der Waals surface area contributed by atoms with E-state index in [9.17, 15) is 13.2 Å². The van der Waals surface area contributed by atoms with E-state index < -0.39 is 39.1 Å². The second-order valence-electron chi connectivity index (χ2n) is 14.1. The smallest absolute Gasteiger partial charge is 0.410 e. The number of hydrogen-bond acceptors (Lipinski definition) is 7. The Morgan fingerprint density at radius 1 is 0.980 bits per heavy atom. The molecular weight excluding hydrogens is 688 g/mol. The van der Waals surface area contributed by atoms with Gasteiger partial charge in [0.15, 0.2) is 11.6 Å². The minimum absolute atomic E-state index is 0.0168. The van der Waals surface area contributed by atoms with Gasteiger partial charge in [-0.3, -0.25) is 14.6 Å². The number of benzene rings is 2. The molecule has 0 unspecified atom stereocenters. The molecule has 0 saturated carbocycles. The number of rotatable bonds is 7. The van der Waals surface area contributed by atoms with Crippen molar-refractivity contribution in [3.05, 3.63) is 77.7 Å². The molecule has 11 nitrogen and oxygen atoms in total. The highest BCUT2D eigenvalue weighted by molar-refractivity contribution is 7.90. The summed E-state index contributed by atoms with van der Waals surface area (Å²) in [6.07, 6.45) is 5.65. The second kappa shape index (κ2) is 13.5. The van der Waals surface area contributed by atoms with Crippen molar-refractivity contribution in [2.24, 2.45) is 0 Å². The van der Waals surface area contributed by atoms with Gasteiger partial charge in [-0.05, 0) is 89.9 Å². The first kappa shape index (κ1) is 35.6. The van der Waals surface area contributed by atoms with E-state index in [1.165, 1.54) is 33.4 Å². The zero-order valence-corrected chi connectivity index (χ0v) is 30.2. The normalized spacial score (nSPS) is 16.9. The highest BCUT2D eigenvalue weighted by Gasteiger charge is 2.39. The molecular formula is C35H40ClF2N7O4S. The maximum absolute atomic E-state index is 16.3. The summed E-state index contributed by atoms with van der Waals surface area (Å²) in [5.41, 5.74) is 0.351. The molecule has 266 valence electrons. The summed E-state index contributed by atoms with van der Waals surface area (Å²) in [6, 6.07) is 10.8. The first-order valence-corrected chi connectivity index (χ1v) is 18.2. The molecule has 50 heavy (non-hydrogen) atoms. The SMILES string of the molecule is CC(C)(C)OC(=O)N1CCN(c2ccc(-n3cc(-c4cc(Cl)cc(NS(=O)(=O)N5CCCC5)c4F)c(-c4ccncc4)n3)c(F)c2)CC1(C)C. The number of nitrogens with zero attached hydrogens (tertiary/aromatic N) is 6. The van der Waals surface area contributed by atoms with Crippen molar-refractivity contribution < 1.29 is 26.7 Å². The van der Waals surface area contributed by atoms with Gasteiger partial charge in [-0.15, -0.1) is 0 Å². The Morgan fingerprint density at radius 2 is 1.68 bits per heavy atom. The lowest BCUT2D eigenvalue weighted by Gasteiger charge is -2.47. The quantitative estimate of drug-likeness (QED) is 0.216. The molecule has 0 bridgehead atoms. The van der Waals surface area contributed by atoms with Crippen LogP contribution in [0.4, 0.5) is 25.0 Å². The summed E-state index contributed by atoms with van der Waals surface area (Å²) in [6.45, 7) is 11.3. The van der Waals surface area contributed by atoms with Gasteiger partial charge in [-0.2, -0.15) is 17.8 Å². The van der Waals surface area contributed by atoms with Crippen molar-refractivity contribution in [2.75, 3.05) is 42.3 Å². The average molecular weight is 728 g/mol. The van der Waals surface area contributed by atoms with Crippen molar-refractivity contribution in [1.82, 2.24) is 24.0 Å². The van der Waals surface area contributed by atoms with Gasteiger partial charge in [0.25, 0.3) is 0 Å². The van der Waals surface area contributed by atoms with Gasteiger partial charge in [0.2, 0.25) is 0 Å². The molecule has 2 aromatic heterocycles. The second-order valence-corrected chi connectivity index (χ2v) is 16.2. The lowest BCUT2D eigenvalue weighted by Crippen LogP contribution is -2.61. The molecule has 0 aliphatic carbocycles. The maximum Gasteiger partial charge on any atom is 0.410 e. The number of amides is 1. The van der Waals surface area contributed by atoms with Crippen molar-refractivity contribution in [2.45, 2.75) is 58.6 Å². The van der Waals surface area contributed by atoms with E-state index in [2.05, 4.69) is 14.8 Å². The number of carbonyl (C=O) groups excluding carboxylic acids is 1. The van der Waals surface area contributed by atoms with Crippen molar-refractivity contribution in [1.29, 1.82) is 0 Å². The Labute approximate surface area is 296 Å². The third-order valence-corrected chi connectivity index (χ3v) is 10.4. The molecule has 0 spiro atoms. The summed E-state index contributed by atoms with van der Waals surface area (Å²) in [4.78, 5) is 20.7. The van der Waals surface area contributed by atoms with Crippen LogP contribution in [0.5, 0.6) is 0 Å². The monoisotopic (exact) mass is 727 g/mol. The van der Waals surface area contributed by atoms with Gasteiger partial charge in [0.1, 0.15) is 17.0 Å². The number of piperazine rings is 1. The Kier molecular flexibility index (Phi) is 9.57. The van der Waals surface area contributed by atoms with Crippen molar-refractivity contribution >= 4 is 39.3 Å². The Bertz CT molecular complexity index is 2010. The van der Waals surface area contributed by atoms with E-state index in [-0.39, 0.29) is 27.5 Å². The minimum atomic E-state index is -4.02. The average Bonchev–Trinajstić information content (AvgIpc) is 3.73. The zero-order valence-electron chi connectivity index (χ0n) is 28.6. The van der Waals surface area contributed by atoms with Crippen LogP contribution in [-0.4, -0.2) is 82.3 Å². The van der Waals surface area contributed by atoms with Crippen LogP contribution in [0.15, 0.2) is 61.1 Å². The summed E-state index contributed by atoms with van der Waals surface area (Å²) in [7, 11) is -4.02. The molecule has 1 amide bonds. The minimum Gasteiger partial charge on any atom is -0.444 e. The van der Waals surface area contributed by atoms with Crippen LogP contribution in [-0.2, 0) is 14.9 Å². The van der Waals surface area contributed by atoms with Gasteiger partial charge in [0, 0.05) is 78.7 Å². The number of hydrogen-bond donors (Lipinski definition) is 1. The van der Waals surface area contributed by atoms with E-state index in [0.29, 0.717) is 49.7 Å². The fourth-order valence-electron chi connectivity index (χ4n) is 6.32. The van der Waals surface area contributed by atoms with Crippen LogP contribution in [0.25, 0.3) is 28.1 Å². The number of ether oxygens (including phenoxy) is 1. The van der Waals surface area contributed by atoms with Crippen LogP contribution in [0.3, 0.4) is 0 Å². The van der Waals surface area contributed by atoms with E-state index in [1.54, 1.807) is 41.6 Å². The highest BCUT2D eigenvalue weighted by atomic mass is 35.5. The predicted octanol–water partition coefficient (Wildman–Crippen LogP) is 7.12. The summed E-state index contributed by atoms with van der Waals surface area (Å²) >= 11 is 6.43. The third-order valence-electron chi connectivity index (χ3n) is 8.70. The van der Waals surface area contributed by atoms with Crippen LogP contribution in [0, 0.1) is 11.6 Å². The first-order chi connectivity index (χ1) is 23.5. The molecule has 2 saturated heterocycles. The lowest BCUT2D eigenvalue weighted by molar-refractivity contribution is 0.000362. The van der Waals surface area contributed by atoms with Gasteiger partial charge in [0.05, 0.1) is 11.2 Å². The van der Waals surface area contributed by atoms with E-state index in [4.69, 9.17) is 16.3 Å². The zero-order chi connectivity index (χ0) is 36.0. The number of anilines is 2. The largest absolute Gasteiger partial charge is 0.444 e. The molecule has 0 radical (unpaired) electrons. The third kappa shape index (κ3) is 7.42. The summed E-state index contributed by atoms with van der Waals surface area (Å²) in [5.74, 6) is -1.42. The molecule has 15 heteroatoms. The van der Waals surface area contributed by atoms with Crippen LogP contribution in [0.2, 0.25) is 5.02 Å². The number of pyridine rings is 1. The number of carbonyl (C=O) groups is 1. The molecule has 4 aromatic rings. The molecule has 2 aromatic carbocycles. The fraction of sp³-hybridized carbons (Fsp3) is 0.400. The van der Waals surface area contributed by atoms with Gasteiger partial charge < -0.3 is 9.64 Å². The maximum atomic E-state index is 16.3. The van der Waals surface area contributed by atoms with Crippen LogP contribution >= 0.6 is 11.6 Å². The fourth-order valence-corrected chi connectivity index (χ4v) is 7.83. The number of nitrogens with one attached hydrogen (secondary N) is 1. The van der Waals surface area contributed by atoms with E-state index >= 15 is 8.78 Å².